The maximum Gasteiger partial charge on any atom is 0.573 e. The van der Waals surface area contributed by atoms with Crippen molar-refractivity contribution in [2.75, 3.05) is 16.4 Å². The molecule has 0 saturated carbocycles. The second kappa shape index (κ2) is 8.34. The average Bonchev–Trinajstić information content (AvgIpc) is 3.13. The fraction of sp³-hybridized carbons (Fsp3) is 0.0909. The van der Waals surface area contributed by atoms with Crippen molar-refractivity contribution < 1.29 is 31.6 Å². The van der Waals surface area contributed by atoms with Crippen LogP contribution in [0.5, 0.6) is 5.75 Å². The van der Waals surface area contributed by atoms with Crippen LogP contribution in [0.3, 0.4) is 0 Å². The van der Waals surface area contributed by atoms with E-state index in [0.717, 1.165) is 6.07 Å². The van der Waals surface area contributed by atoms with E-state index in [1.807, 2.05) is 0 Å². The SMILES string of the molecule is Cc1cc(NC(=O)Nc2ccc(-c3ccc(OC(F)(F)F)c4noc(N)c34)cc2)ccc1F. The van der Waals surface area contributed by atoms with Crippen molar-refractivity contribution in [3.05, 3.63) is 66.0 Å². The number of carbonyl (C=O) groups excluding carboxylic acids is 1. The third kappa shape index (κ3) is 4.81. The van der Waals surface area contributed by atoms with Crippen molar-refractivity contribution >= 4 is 34.2 Å². The van der Waals surface area contributed by atoms with Gasteiger partial charge in [-0.1, -0.05) is 17.3 Å². The molecular weight excluding hydrogens is 444 g/mol. The number of alkyl halides is 3. The molecule has 0 spiro atoms. The molecule has 3 aromatic carbocycles. The molecule has 0 atom stereocenters. The van der Waals surface area contributed by atoms with Gasteiger partial charge in [0.05, 0.1) is 5.39 Å². The topological polar surface area (TPSA) is 102 Å². The number of rotatable bonds is 4. The van der Waals surface area contributed by atoms with E-state index >= 15 is 0 Å². The first kappa shape index (κ1) is 21.9. The summed E-state index contributed by atoms with van der Waals surface area (Å²) in [6.45, 7) is 1.58. The first-order valence-electron chi connectivity index (χ1n) is 9.49. The van der Waals surface area contributed by atoms with Crippen LogP contribution in [0.4, 0.5) is 39.6 Å². The van der Waals surface area contributed by atoms with Crippen LogP contribution >= 0.6 is 0 Å². The highest BCUT2D eigenvalue weighted by Crippen LogP contribution is 2.39. The van der Waals surface area contributed by atoms with Crippen LogP contribution in [0.25, 0.3) is 22.0 Å². The van der Waals surface area contributed by atoms with Gasteiger partial charge in [-0.3, -0.25) is 0 Å². The molecule has 0 aliphatic rings. The van der Waals surface area contributed by atoms with Gasteiger partial charge in [-0.05, 0) is 66.1 Å². The van der Waals surface area contributed by atoms with Crippen molar-refractivity contribution in [1.29, 1.82) is 0 Å². The van der Waals surface area contributed by atoms with Gasteiger partial charge in [-0.25, -0.2) is 9.18 Å². The summed E-state index contributed by atoms with van der Waals surface area (Å²) in [5.41, 5.74) is 7.94. The minimum Gasteiger partial charge on any atom is -0.403 e. The zero-order valence-electron chi connectivity index (χ0n) is 17.0. The predicted molar refractivity (Wildman–Crippen MR) is 114 cm³/mol. The van der Waals surface area contributed by atoms with Crippen molar-refractivity contribution in [3.8, 4) is 16.9 Å². The lowest BCUT2D eigenvalue weighted by molar-refractivity contribution is -0.274. The molecule has 1 aromatic heterocycles. The van der Waals surface area contributed by atoms with Crippen molar-refractivity contribution in [3.63, 3.8) is 0 Å². The number of hydrogen-bond donors (Lipinski definition) is 3. The maximum atomic E-state index is 13.4. The van der Waals surface area contributed by atoms with E-state index in [1.165, 1.54) is 24.3 Å². The van der Waals surface area contributed by atoms with Crippen LogP contribution in [0.15, 0.2) is 59.1 Å². The van der Waals surface area contributed by atoms with E-state index in [1.54, 1.807) is 31.2 Å². The van der Waals surface area contributed by atoms with Gasteiger partial charge >= 0.3 is 12.4 Å². The van der Waals surface area contributed by atoms with E-state index in [0.29, 0.717) is 28.1 Å². The molecule has 0 radical (unpaired) electrons. The minimum absolute atomic E-state index is 0.163. The number of aryl methyl sites for hydroxylation is 1. The number of hydrogen-bond acceptors (Lipinski definition) is 5. The minimum atomic E-state index is -4.90. The summed E-state index contributed by atoms with van der Waals surface area (Å²) in [4.78, 5) is 12.2. The van der Waals surface area contributed by atoms with Crippen molar-refractivity contribution in [2.24, 2.45) is 0 Å². The van der Waals surface area contributed by atoms with Crippen LogP contribution in [0.1, 0.15) is 5.56 Å². The molecule has 33 heavy (non-hydrogen) atoms. The Bertz CT molecular complexity index is 1330. The molecule has 2 amide bonds. The zero-order valence-corrected chi connectivity index (χ0v) is 17.0. The number of nitrogens with one attached hydrogen (secondary N) is 2. The summed E-state index contributed by atoms with van der Waals surface area (Å²) < 4.78 is 60.2. The molecule has 7 nitrogen and oxygen atoms in total. The Morgan fingerprint density at radius 3 is 2.36 bits per heavy atom. The van der Waals surface area contributed by atoms with E-state index in [9.17, 15) is 22.4 Å². The molecule has 0 saturated heterocycles. The highest BCUT2D eigenvalue weighted by molar-refractivity contribution is 6.04. The molecule has 4 rings (SSSR count). The van der Waals surface area contributed by atoms with Gasteiger partial charge in [0.25, 0.3) is 0 Å². The summed E-state index contributed by atoms with van der Waals surface area (Å²) >= 11 is 0. The fourth-order valence-corrected chi connectivity index (χ4v) is 3.25. The zero-order chi connectivity index (χ0) is 23.8. The number of urea groups is 1. The number of halogens is 4. The monoisotopic (exact) mass is 460 g/mol. The Labute approximate surface area is 184 Å². The highest BCUT2D eigenvalue weighted by Gasteiger charge is 2.33. The van der Waals surface area contributed by atoms with Crippen LogP contribution in [-0.2, 0) is 0 Å². The first-order chi connectivity index (χ1) is 15.6. The molecule has 4 N–H and O–H groups in total. The summed E-state index contributed by atoms with van der Waals surface area (Å²) in [6, 6.07) is 12.7. The van der Waals surface area contributed by atoms with Gasteiger partial charge in [0.15, 0.2) is 11.3 Å². The second-order valence-electron chi connectivity index (χ2n) is 7.05. The van der Waals surface area contributed by atoms with E-state index < -0.39 is 18.1 Å². The summed E-state index contributed by atoms with van der Waals surface area (Å²) in [7, 11) is 0. The number of amides is 2. The van der Waals surface area contributed by atoms with Gasteiger partial charge in [-0.15, -0.1) is 13.2 Å². The summed E-state index contributed by atoms with van der Waals surface area (Å²) in [5, 5.41) is 8.99. The molecule has 0 bridgehead atoms. The smallest absolute Gasteiger partial charge is 0.403 e. The first-order valence-corrected chi connectivity index (χ1v) is 9.49. The largest absolute Gasteiger partial charge is 0.573 e. The molecule has 170 valence electrons. The van der Waals surface area contributed by atoms with E-state index in [2.05, 4.69) is 20.5 Å². The Balaban J connectivity index is 1.54. The lowest BCUT2D eigenvalue weighted by Gasteiger charge is -2.12. The number of fused-ring (bicyclic) bond motifs is 1. The predicted octanol–water partition coefficient (Wildman–Crippen LogP) is 6.07. The van der Waals surface area contributed by atoms with Crippen molar-refractivity contribution in [2.45, 2.75) is 13.3 Å². The Morgan fingerprint density at radius 1 is 1.03 bits per heavy atom. The number of aromatic nitrogens is 1. The molecule has 0 aliphatic carbocycles. The third-order valence-electron chi connectivity index (χ3n) is 4.72. The molecule has 0 unspecified atom stereocenters. The summed E-state index contributed by atoms with van der Waals surface area (Å²) in [5.74, 6) is -1.08. The number of carbonyl (C=O) groups is 1. The summed E-state index contributed by atoms with van der Waals surface area (Å²) in [6.07, 6.45) is -4.90. The maximum absolute atomic E-state index is 13.4. The number of ether oxygens (including phenoxy) is 1. The number of anilines is 3. The Kier molecular flexibility index (Phi) is 5.54. The molecule has 11 heteroatoms. The Morgan fingerprint density at radius 2 is 1.70 bits per heavy atom. The standard InChI is InChI=1S/C22H16F4N4O3/c1-11-10-14(6-8-16(11)23)29-21(31)28-13-4-2-12(3-5-13)15-7-9-17(32-22(24,25)26)19-18(15)20(27)33-30-19/h2-10H,27H2,1H3,(H2,28,29,31). The highest BCUT2D eigenvalue weighted by atomic mass is 19.4. The van der Waals surface area contributed by atoms with Crippen molar-refractivity contribution in [1.82, 2.24) is 5.16 Å². The van der Waals surface area contributed by atoms with Crippen LogP contribution in [0, 0.1) is 12.7 Å². The van der Waals surface area contributed by atoms with E-state index in [4.69, 9.17) is 10.3 Å². The van der Waals surface area contributed by atoms with Gasteiger partial charge in [-0.2, -0.15) is 0 Å². The number of nitrogens with two attached hydrogens (primary N) is 1. The number of nitrogens with zero attached hydrogens (tertiary/aromatic N) is 1. The van der Waals surface area contributed by atoms with Crippen LogP contribution in [-0.4, -0.2) is 17.6 Å². The van der Waals surface area contributed by atoms with E-state index in [-0.39, 0.29) is 22.6 Å². The van der Waals surface area contributed by atoms with Crippen LogP contribution < -0.4 is 21.1 Å². The molecule has 4 aromatic rings. The number of benzene rings is 3. The molecular formula is C22H16F4N4O3. The molecule has 1 heterocycles. The molecule has 0 fully saturated rings. The normalized spacial score (nSPS) is 11.4. The van der Waals surface area contributed by atoms with Gasteiger partial charge in [0.1, 0.15) is 5.82 Å². The van der Waals surface area contributed by atoms with Crippen LogP contribution in [0.2, 0.25) is 0 Å². The lowest BCUT2D eigenvalue weighted by atomic mass is 10.0. The fourth-order valence-electron chi connectivity index (χ4n) is 3.25. The third-order valence-corrected chi connectivity index (χ3v) is 4.72. The lowest BCUT2D eigenvalue weighted by Crippen LogP contribution is -2.19. The molecule has 0 aliphatic heterocycles. The average molecular weight is 460 g/mol. The Hall–Kier alpha value is -4.28. The van der Waals surface area contributed by atoms with Gasteiger partial charge in [0.2, 0.25) is 5.88 Å². The van der Waals surface area contributed by atoms with Gasteiger partial charge in [0, 0.05) is 11.4 Å². The quantitative estimate of drug-likeness (QED) is 0.321. The second-order valence-corrected chi connectivity index (χ2v) is 7.05. The number of nitrogen functional groups attached to an aromatic ring is 1. The van der Waals surface area contributed by atoms with Gasteiger partial charge < -0.3 is 25.6 Å².